The molecule has 0 radical (unpaired) electrons. The molecule has 0 aliphatic rings. The largest absolute Gasteiger partial charge is 0.464 e. The molecular formula is C15H31NO2. The summed E-state index contributed by atoms with van der Waals surface area (Å²) >= 11 is 0. The molecule has 0 heterocycles. The Morgan fingerprint density at radius 2 is 1.44 bits per heavy atom. The van der Waals surface area contributed by atoms with Crippen LogP contribution in [0.2, 0.25) is 0 Å². The minimum absolute atomic E-state index is 0.0391. The fourth-order valence-electron chi connectivity index (χ4n) is 1.78. The number of hydrogen-bond acceptors (Lipinski definition) is 3. The molecule has 0 aromatic heterocycles. The van der Waals surface area contributed by atoms with Gasteiger partial charge in [0.15, 0.2) is 0 Å². The first-order valence-electron chi connectivity index (χ1n) is 7.62. The predicted molar refractivity (Wildman–Crippen MR) is 76.7 cm³/mol. The lowest BCUT2D eigenvalue weighted by Crippen LogP contribution is -2.30. The van der Waals surface area contributed by atoms with Crippen molar-refractivity contribution in [3.05, 3.63) is 0 Å². The summed E-state index contributed by atoms with van der Waals surface area (Å²) in [5, 5.41) is 0. The highest BCUT2D eigenvalue weighted by molar-refractivity contribution is 5.69. The maximum absolute atomic E-state index is 11.4. The zero-order valence-corrected chi connectivity index (χ0v) is 12.5. The lowest BCUT2D eigenvalue weighted by atomic mass is 10.2. The molecule has 3 nitrogen and oxygen atoms in total. The van der Waals surface area contributed by atoms with Crippen LogP contribution in [0.25, 0.3) is 0 Å². The Morgan fingerprint density at radius 3 is 1.94 bits per heavy atom. The maximum Gasteiger partial charge on any atom is 0.305 e. The summed E-state index contributed by atoms with van der Waals surface area (Å²) in [6.07, 6.45) is 7.46. The molecule has 0 saturated heterocycles. The molecule has 18 heavy (non-hydrogen) atoms. The van der Waals surface area contributed by atoms with Crippen LogP contribution < -0.4 is 0 Å². The quantitative estimate of drug-likeness (QED) is 0.500. The van der Waals surface area contributed by atoms with Crippen molar-refractivity contribution >= 4 is 5.97 Å². The molecular weight excluding hydrogens is 226 g/mol. The van der Waals surface area contributed by atoms with Gasteiger partial charge in [-0.05, 0) is 32.4 Å². The number of hydrogen-bond donors (Lipinski definition) is 0. The lowest BCUT2D eigenvalue weighted by Gasteiger charge is -2.21. The minimum atomic E-state index is -0.0391. The van der Waals surface area contributed by atoms with Gasteiger partial charge in [0.05, 0.1) is 0 Å². The summed E-state index contributed by atoms with van der Waals surface area (Å²) < 4.78 is 5.25. The van der Waals surface area contributed by atoms with E-state index in [0.717, 1.165) is 32.5 Å². The van der Waals surface area contributed by atoms with E-state index in [1.54, 1.807) is 0 Å². The van der Waals surface area contributed by atoms with E-state index in [2.05, 4.69) is 25.7 Å². The van der Waals surface area contributed by atoms with E-state index in [1.807, 2.05) is 0 Å². The van der Waals surface area contributed by atoms with Gasteiger partial charge in [-0.2, -0.15) is 0 Å². The van der Waals surface area contributed by atoms with Gasteiger partial charge in [-0.25, -0.2) is 0 Å². The topological polar surface area (TPSA) is 29.5 Å². The number of esters is 1. The van der Waals surface area contributed by atoms with Crippen molar-refractivity contribution in [2.24, 2.45) is 0 Å². The van der Waals surface area contributed by atoms with E-state index >= 15 is 0 Å². The summed E-state index contributed by atoms with van der Waals surface area (Å²) in [4.78, 5) is 13.8. The van der Waals surface area contributed by atoms with Gasteiger partial charge in [0, 0.05) is 13.0 Å². The van der Waals surface area contributed by atoms with Crippen LogP contribution in [0.1, 0.15) is 65.7 Å². The second kappa shape index (κ2) is 12.9. The van der Waals surface area contributed by atoms with Crippen molar-refractivity contribution in [1.82, 2.24) is 4.90 Å². The third kappa shape index (κ3) is 10.6. The normalized spacial score (nSPS) is 10.9. The van der Waals surface area contributed by atoms with Crippen LogP contribution in [-0.2, 0) is 9.53 Å². The van der Waals surface area contributed by atoms with Gasteiger partial charge in [-0.1, -0.05) is 40.0 Å². The molecule has 0 aliphatic carbocycles. The number of carbonyl (C=O) groups excluding carboxylic acids is 1. The van der Waals surface area contributed by atoms with Crippen molar-refractivity contribution in [2.45, 2.75) is 65.7 Å². The smallest absolute Gasteiger partial charge is 0.305 e. The van der Waals surface area contributed by atoms with Gasteiger partial charge in [0.1, 0.15) is 6.61 Å². The molecule has 0 unspecified atom stereocenters. The van der Waals surface area contributed by atoms with Crippen molar-refractivity contribution in [2.75, 3.05) is 26.2 Å². The summed E-state index contributed by atoms with van der Waals surface area (Å²) in [5.74, 6) is -0.0391. The van der Waals surface area contributed by atoms with Crippen LogP contribution in [-0.4, -0.2) is 37.1 Å². The van der Waals surface area contributed by atoms with Crippen molar-refractivity contribution in [3.8, 4) is 0 Å². The standard InChI is InChI=1S/C15H31NO2/c1-4-7-10-15(17)18-14-13-16(11-8-5-2)12-9-6-3/h4-14H2,1-3H3. The molecule has 0 atom stereocenters. The summed E-state index contributed by atoms with van der Waals surface area (Å²) in [6.45, 7) is 10.2. The molecule has 0 bridgehead atoms. The van der Waals surface area contributed by atoms with E-state index < -0.39 is 0 Å². The van der Waals surface area contributed by atoms with Crippen LogP contribution in [0, 0.1) is 0 Å². The highest BCUT2D eigenvalue weighted by Crippen LogP contribution is 2.00. The fraction of sp³-hybridized carbons (Fsp3) is 0.933. The Morgan fingerprint density at radius 1 is 0.889 bits per heavy atom. The Kier molecular flexibility index (Phi) is 12.5. The summed E-state index contributed by atoms with van der Waals surface area (Å²) in [7, 11) is 0. The van der Waals surface area contributed by atoms with E-state index in [0.29, 0.717) is 13.0 Å². The number of ether oxygens (including phenoxy) is 1. The molecule has 0 N–H and O–H groups in total. The summed E-state index contributed by atoms with van der Waals surface area (Å²) in [6, 6.07) is 0. The molecule has 0 aromatic rings. The van der Waals surface area contributed by atoms with E-state index in [4.69, 9.17) is 4.74 Å². The predicted octanol–water partition coefficient (Wildman–Crippen LogP) is 3.62. The first-order valence-corrected chi connectivity index (χ1v) is 7.62. The fourth-order valence-corrected chi connectivity index (χ4v) is 1.78. The van der Waals surface area contributed by atoms with Crippen LogP contribution in [0.15, 0.2) is 0 Å². The van der Waals surface area contributed by atoms with Gasteiger partial charge in [0.2, 0.25) is 0 Å². The lowest BCUT2D eigenvalue weighted by molar-refractivity contribution is -0.144. The maximum atomic E-state index is 11.4. The highest BCUT2D eigenvalue weighted by Gasteiger charge is 2.06. The molecule has 0 fully saturated rings. The number of rotatable bonds is 12. The van der Waals surface area contributed by atoms with Crippen molar-refractivity contribution in [3.63, 3.8) is 0 Å². The zero-order chi connectivity index (χ0) is 13.6. The van der Waals surface area contributed by atoms with E-state index in [1.165, 1.54) is 25.7 Å². The number of unbranched alkanes of at least 4 members (excludes halogenated alkanes) is 3. The average Bonchev–Trinajstić information content (AvgIpc) is 2.38. The summed E-state index contributed by atoms with van der Waals surface area (Å²) in [5.41, 5.74) is 0. The molecule has 0 amide bonds. The van der Waals surface area contributed by atoms with Crippen LogP contribution >= 0.6 is 0 Å². The molecule has 0 aliphatic heterocycles. The Hall–Kier alpha value is -0.570. The van der Waals surface area contributed by atoms with Gasteiger partial charge >= 0.3 is 5.97 Å². The first kappa shape index (κ1) is 17.4. The molecule has 0 spiro atoms. The molecule has 108 valence electrons. The zero-order valence-electron chi connectivity index (χ0n) is 12.5. The third-order valence-corrected chi connectivity index (χ3v) is 3.06. The van der Waals surface area contributed by atoms with E-state index in [-0.39, 0.29) is 5.97 Å². The third-order valence-electron chi connectivity index (χ3n) is 3.06. The number of carbonyl (C=O) groups is 1. The van der Waals surface area contributed by atoms with Crippen LogP contribution in [0.5, 0.6) is 0 Å². The average molecular weight is 257 g/mol. The second-order valence-electron chi connectivity index (χ2n) is 4.87. The van der Waals surface area contributed by atoms with Crippen LogP contribution in [0.4, 0.5) is 0 Å². The van der Waals surface area contributed by atoms with Gasteiger partial charge < -0.3 is 4.74 Å². The number of nitrogens with zero attached hydrogens (tertiary/aromatic N) is 1. The molecule has 0 saturated carbocycles. The Labute approximate surface area is 113 Å². The minimum Gasteiger partial charge on any atom is -0.464 e. The Bertz CT molecular complexity index is 187. The van der Waals surface area contributed by atoms with Crippen molar-refractivity contribution in [1.29, 1.82) is 0 Å². The second-order valence-corrected chi connectivity index (χ2v) is 4.87. The molecule has 0 aromatic carbocycles. The SMILES string of the molecule is CCCCC(=O)OCCN(CCCC)CCCC. The first-order chi connectivity index (χ1) is 8.74. The monoisotopic (exact) mass is 257 g/mol. The van der Waals surface area contributed by atoms with Crippen molar-refractivity contribution < 1.29 is 9.53 Å². The van der Waals surface area contributed by atoms with Crippen LogP contribution in [0.3, 0.4) is 0 Å². The van der Waals surface area contributed by atoms with Gasteiger partial charge in [-0.15, -0.1) is 0 Å². The molecule has 0 rings (SSSR count). The Balaban J connectivity index is 3.69. The highest BCUT2D eigenvalue weighted by atomic mass is 16.5. The van der Waals surface area contributed by atoms with E-state index in [9.17, 15) is 4.79 Å². The molecule has 3 heteroatoms. The van der Waals surface area contributed by atoms with Gasteiger partial charge in [-0.3, -0.25) is 9.69 Å². The van der Waals surface area contributed by atoms with Gasteiger partial charge in [0.25, 0.3) is 0 Å².